The molecule has 0 aliphatic carbocycles. The van der Waals surface area contributed by atoms with Gasteiger partial charge in [0.1, 0.15) is 22.9 Å². The van der Waals surface area contributed by atoms with Crippen LogP contribution in [0.3, 0.4) is 0 Å². The summed E-state index contributed by atoms with van der Waals surface area (Å²) in [4.78, 5) is 10.0. The summed E-state index contributed by atoms with van der Waals surface area (Å²) in [6.07, 6.45) is 0.496. The molecule has 76 valence electrons. The van der Waals surface area contributed by atoms with Crippen molar-refractivity contribution in [2.45, 2.75) is 12.8 Å². The van der Waals surface area contributed by atoms with E-state index in [4.69, 9.17) is 16.7 Å². The van der Waals surface area contributed by atoms with Gasteiger partial charge in [-0.25, -0.2) is 8.78 Å². The molecule has 0 spiro atoms. The molecule has 2 nitrogen and oxygen atoms in total. The molecule has 0 bridgehead atoms. The molecule has 0 saturated carbocycles. The highest BCUT2D eigenvalue weighted by atomic mass is 35.5. The van der Waals surface area contributed by atoms with E-state index in [9.17, 15) is 13.6 Å². The van der Waals surface area contributed by atoms with E-state index >= 15 is 0 Å². The summed E-state index contributed by atoms with van der Waals surface area (Å²) < 4.78 is 26.2. The van der Waals surface area contributed by atoms with Crippen LogP contribution in [0.1, 0.15) is 12.0 Å². The van der Waals surface area contributed by atoms with Crippen molar-refractivity contribution in [2.24, 2.45) is 0 Å². The highest BCUT2D eigenvalue weighted by Gasteiger charge is 2.16. The van der Waals surface area contributed by atoms with Gasteiger partial charge >= 0.3 is 0 Å². The summed E-state index contributed by atoms with van der Waals surface area (Å²) >= 11 is 5.35. The number of phenols is 1. The third-order valence-electron chi connectivity index (χ3n) is 1.75. The van der Waals surface area contributed by atoms with E-state index in [1.807, 2.05) is 0 Å². The first-order valence-corrected chi connectivity index (χ1v) is 4.24. The Bertz CT molecular complexity index is 366. The first kappa shape index (κ1) is 10.9. The molecule has 0 aromatic heterocycles. The second-order valence-corrected chi connectivity index (χ2v) is 3.07. The van der Waals surface area contributed by atoms with Crippen LogP contribution in [0.15, 0.2) is 6.07 Å². The molecule has 0 aliphatic heterocycles. The number of halogens is 3. The predicted molar refractivity (Wildman–Crippen MR) is 47.4 cm³/mol. The maximum atomic E-state index is 13.2. The van der Waals surface area contributed by atoms with Gasteiger partial charge in [0, 0.05) is 18.1 Å². The summed E-state index contributed by atoms with van der Waals surface area (Å²) in [5, 5.41) is 8.43. The highest BCUT2D eigenvalue weighted by molar-refractivity contribution is 6.32. The van der Waals surface area contributed by atoms with Crippen molar-refractivity contribution in [2.75, 3.05) is 0 Å². The molecule has 0 radical (unpaired) electrons. The molecule has 0 unspecified atom stereocenters. The first-order valence-electron chi connectivity index (χ1n) is 3.87. The van der Waals surface area contributed by atoms with Gasteiger partial charge in [-0.05, 0) is 6.42 Å². The fourth-order valence-corrected chi connectivity index (χ4v) is 1.22. The van der Waals surface area contributed by atoms with Crippen LogP contribution in [-0.2, 0) is 11.2 Å². The number of aromatic hydroxyl groups is 1. The number of hydrogen-bond acceptors (Lipinski definition) is 2. The van der Waals surface area contributed by atoms with Gasteiger partial charge in [-0.3, -0.25) is 0 Å². The van der Waals surface area contributed by atoms with Crippen molar-refractivity contribution in [1.82, 2.24) is 0 Å². The van der Waals surface area contributed by atoms with Gasteiger partial charge in [-0.2, -0.15) is 0 Å². The van der Waals surface area contributed by atoms with Crippen LogP contribution in [-0.4, -0.2) is 11.4 Å². The topological polar surface area (TPSA) is 37.3 Å². The zero-order valence-electron chi connectivity index (χ0n) is 7.06. The average Bonchev–Trinajstić information content (AvgIpc) is 2.14. The summed E-state index contributed by atoms with van der Waals surface area (Å²) in [7, 11) is 0. The summed E-state index contributed by atoms with van der Waals surface area (Å²) in [6.45, 7) is 0. The molecular weight excluding hydrogens is 214 g/mol. The summed E-state index contributed by atoms with van der Waals surface area (Å²) in [6, 6.07) is 0.728. The lowest BCUT2D eigenvalue weighted by molar-refractivity contribution is -0.107. The Labute approximate surface area is 84.1 Å². The lowest BCUT2D eigenvalue weighted by Gasteiger charge is -2.05. The van der Waals surface area contributed by atoms with Crippen LogP contribution in [0.25, 0.3) is 0 Å². The van der Waals surface area contributed by atoms with Gasteiger partial charge in [0.2, 0.25) is 0 Å². The van der Waals surface area contributed by atoms with E-state index in [1.54, 1.807) is 0 Å². The maximum absolute atomic E-state index is 13.2. The Kier molecular flexibility index (Phi) is 3.41. The molecule has 1 N–H and O–H groups in total. The van der Waals surface area contributed by atoms with Crippen molar-refractivity contribution in [3.63, 3.8) is 0 Å². The summed E-state index contributed by atoms with van der Waals surface area (Å²) in [5.41, 5.74) is -0.278. The zero-order chi connectivity index (χ0) is 10.7. The van der Waals surface area contributed by atoms with Crippen LogP contribution in [0.5, 0.6) is 5.75 Å². The number of aldehydes is 1. The number of hydrogen-bond donors (Lipinski definition) is 1. The minimum atomic E-state index is -1.01. The van der Waals surface area contributed by atoms with Crippen molar-refractivity contribution < 1.29 is 18.7 Å². The molecule has 1 rings (SSSR count). The van der Waals surface area contributed by atoms with Crippen LogP contribution in [0.2, 0.25) is 5.02 Å². The molecule has 0 amide bonds. The normalized spacial score (nSPS) is 10.2. The van der Waals surface area contributed by atoms with Gasteiger partial charge in [0.25, 0.3) is 0 Å². The SMILES string of the molecule is O=CCCc1c(F)cc(O)c(Cl)c1F. The van der Waals surface area contributed by atoms with Gasteiger partial charge in [0.15, 0.2) is 5.82 Å². The second-order valence-electron chi connectivity index (χ2n) is 2.69. The molecule has 5 heteroatoms. The molecule has 1 aromatic rings. The Hall–Kier alpha value is -1.16. The number of rotatable bonds is 3. The monoisotopic (exact) mass is 220 g/mol. The standard InChI is InChI=1S/C9H7ClF2O2/c10-8-7(14)4-6(11)5(9(8)12)2-1-3-13/h3-4,14H,1-2H2. The van der Waals surface area contributed by atoms with E-state index in [0.717, 1.165) is 6.07 Å². The number of benzene rings is 1. The number of phenolic OH excluding ortho intramolecular Hbond substituents is 1. The van der Waals surface area contributed by atoms with Gasteiger partial charge in [-0.15, -0.1) is 0 Å². The smallest absolute Gasteiger partial charge is 0.151 e. The van der Waals surface area contributed by atoms with Crippen LogP contribution < -0.4 is 0 Å². The first-order chi connectivity index (χ1) is 6.57. The summed E-state index contributed by atoms with van der Waals surface area (Å²) in [5.74, 6) is -2.55. The van der Waals surface area contributed by atoms with E-state index in [-0.39, 0.29) is 18.4 Å². The average molecular weight is 221 g/mol. The lowest BCUT2D eigenvalue weighted by atomic mass is 10.1. The van der Waals surface area contributed by atoms with Crippen LogP contribution in [0, 0.1) is 11.6 Å². The molecule has 0 fully saturated rings. The second kappa shape index (κ2) is 4.37. The van der Waals surface area contributed by atoms with E-state index in [0.29, 0.717) is 6.29 Å². The van der Waals surface area contributed by atoms with Gasteiger partial charge in [-0.1, -0.05) is 11.6 Å². The molecule has 0 aliphatic rings. The molecule has 14 heavy (non-hydrogen) atoms. The molecule has 0 atom stereocenters. The molecule has 0 saturated heterocycles. The van der Waals surface area contributed by atoms with Crippen LogP contribution >= 0.6 is 11.6 Å². The predicted octanol–water partition coefficient (Wildman–Crippen LogP) is 2.46. The fraction of sp³-hybridized carbons (Fsp3) is 0.222. The molecule has 0 heterocycles. The maximum Gasteiger partial charge on any atom is 0.151 e. The van der Waals surface area contributed by atoms with E-state index in [1.165, 1.54) is 0 Å². The van der Waals surface area contributed by atoms with Crippen molar-refractivity contribution in [3.8, 4) is 5.75 Å². The fourth-order valence-electron chi connectivity index (χ4n) is 1.05. The Morgan fingerprint density at radius 3 is 2.71 bits per heavy atom. The van der Waals surface area contributed by atoms with Crippen molar-refractivity contribution in [1.29, 1.82) is 0 Å². The van der Waals surface area contributed by atoms with E-state index < -0.39 is 22.4 Å². The number of carbonyl (C=O) groups excluding carboxylic acids is 1. The largest absolute Gasteiger partial charge is 0.506 e. The highest BCUT2D eigenvalue weighted by Crippen LogP contribution is 2.30. The Morgan fingerprint density at radius 2 is 2.14 bits per heavy atom. The van der Waals surface area contributed by atoms with Crippen LogP contribution in [0.4, 0.5) is 8.78 Å². The Balaban J connectivity index is 3.15. The molecular formula is C9H7ClF2O2. The van der Waals surface area contributed by atoms with E-state index in [2.05, 4.69) is 0 Å². The Morgan fingerprint density at radius 1 is 1.50 bits per heavy atom. The number of carbonyl (C=O) groups is 1. The molecule has 1 aromatic carbocycles. The van der Waals surface area contributed by atoms with Gasteiger partial charge in [0.05, 0.1) is 0 Å². The van der Waals surface area contributed by atoms with Crippen molar-refractivity contribution in [3.05, 3.63) is 28.3 Å². The minimum absolute atomic E-state index is 0.00887. The van der Waals surface area contributed by atoms with Crippen molar-refractivity contribution >= 4 is 17.9 Å². The van der Waals surface area contributed by atoms with Gasteiger partial charge < -0.3 is 9.90 Å². The third kappa shape index (κ3) is 2.01. The third-order valence-corrected chi connectivity index (χ3v) is 2.11. The zero-order valence-corrected chi connectivity index (χ0v) is 7.81. The minimum Gasteiger partial charge on any atom is -0.506 e. The quantitative estimate of drug-likeness (QED) is 0.628. The lowest BCUT2D eigenvalue weighted by Crippen LogP contribution is -1.97.